The number of aryl methyl sites for hydroxylation is 2. The van der Waals surface area contributed by atoms with Gasteiger partial charge in [0.05, 0.1) is 17.0 Å². The van der Waals surface area contributed by atoms with Gasteiger partial charge in [0.2, 0.25) is 0 Å². The maximum absolute atomic E-state index is 11.3. The van der Waals surface area contributed by atoms with E-state index in [4.69, 9.17) is 20.1 Å². The smallest absolute Gasteiger partial charge is 0.512 e. The van der Waals surface area contributed by atoms with Crippen LogP contribution in [-0.2, 0) is 83.3 Å². The van der Waals surface area contributed by atoms with Crippen LogP contribution in [-0.4, -0.2) is 56.9 Å². The number of aliphatic hydroxyl groups excluding tert-OH is 1. The molecule has 8 heterocycles. The number of ketones is 1. The van der Waals surface area contributed by atoms with Crippen molar-refractivity contribution in [2.45, 2.75) is 86.5 Å². The molecule has 0 fully saturated rings. The molecule has 11 nitrogen and oxygen atoms in total. The Kier molecular flexibility index (Phi) is 29.2. The van der Waals surface area contributed by atoms with Gasteiger partial charge in [0.1, 0.15) is 5.69 Å². The Morgan fingerprint density at radius 2 is 1.04 bits per heavy atom. The molecule has 0 spiro atoms. The number of carboxylic acid groups (broad SMARTS) is 1. The van der Waals surface area contributed by atoms with Crippen LogP contribution < -0.4 is 0 Å². The van der Waals surface area contributed by atoms with Gasteiger partial charge in [-0.05, 0) is 119 Å². The Morgan fingerprint density at radius 3 is 1.63 bits per heavy atom. The number of hydrogen-bond acceptors (Lipinski definition) is 12. The Balaban J connectivity index is 0.000000164. The molecule has 0 aliphatic carbocycles. The average molecular weight is 2010 g/mol. The molecule has 0 atom stereocenters. The van der Waals surface area contributed by atoms with Gasteiger partial charge in [-0.1, -0.05) is 240 Å². The van der Waals surface area contributed by atoms with Crippen molar-refractivity contribution in [1.29, 1.82) is 0 Å². The largest absolute Gasteiger partial charge is 2.00 e. The SMILES string of the molecule is CC(=O)C=C(C)O.CC(C)(C)c1c[c-]c(-c2cccc(Cc3cccc(-c4[c-]cc(C(C)(C)C)s4)n3)n2)s1.Cc1ccc(-c2cc(C(=O)O)nc(-c3[c-]cccc3)c2)cc1.Cc1cnc2c3[c-]cccc3c3ccccc3c2n1.[Ir].[Ir].[Pt+2].[c-]1c(-c2ccccn2)cc(-c2ccccc2)cc1-c1nccc2ccccc12. The zero-order chi connectivity index (χ0) is 75.2. The molecule has 16 heteroatoms. The summed E-state index contributed by atoms with van der Waals surface area (Å²) in [6.45, 7) is 20.2. The molecule has 8 aromatic carbocycles. The van der Waals surface area contributed by atoms with E-state index in [1.807, 2.05) is 136 Å². The molecule has 2 radical (unpaired) electrons. The van der Waals surface area contributed by atoms with Crippen molar-refractivity contribution in [2.24, 2.45) is 0 Å². The molecule has 2 N–H and O–H groups in total. The molecule has 0 aliphatic rings. The first-order valence-corrected chi connectivity index (χ1v) is 36.7. The Labute approximate surface area is 692 Å². The zero-order valence-electron chi connectivity index (χ0n) is 62.3. The van der Waals surface area contributed by atoms with E-state index >= 15 is 0 Å². The number of aromatic carboxylic acids is 1. The molecule has 0 bridgehead atoms. The summed E-state index contributed by atoms with van der Waals surface area (Å²) in [6, 6.07) is 97.7. The summed E-state index contributed by atoms with van der Waals surface area (Å²) in [7, 11) is 0. The van der Waals surface area contributed by atoms with Crippen LogP contribution in [0.2, 0.25) is 0 Å². The predicted molar refractivity (Wildman–Crippen MR) is 438 cm³/mol. The molecule has 556 valence electrons. The first-order valence-electron chi connectivity index (χ1n) is 35.1. The van der Waals surface area contributed by atoms with Crippen LogP contribution >= 0.6 is 22.7 Å². The molecule has 0 saturated carbocycles. The molecular formula is C94H78Ir2N7O4PtS2-3. The molecule has 0 saturated heterocycles. The summed E-state index contributed by atoms with van der Waals surface area (Å²) in [6.07, 6.45) is 7.36. The van der Waals surface area contributed by atoms with Crippen molar-refractivity contribution in [3.63, 3.8) is 0 Å². The number of allylic oxidation sites excluding steroid dienone is 2. The summed E-state index contributed by atoms with van der Waals surface area (Å²) >= 11 is 3.55. The van der Waals surface area contributed by atoms with Crippen LogP contribution in [0.25, 0.3) is 121 Å². The fourth-order valence-electron chi connectivity index (χ4n) is 11.8. The Hall–Kier alpha value is -10.3. The number of rotatable bonds is 11. The van der Waals surface area contributed by atoms with Gasteiger partial charge in [-0.25, -0.2) is 27.5 Å². The number of aliphatic hydroxyl groups is 1. The fourth-order valence-corrected chi connectivity index (χ4v) is 13.8. The zero-order valence-corrected chi connectivity index (χ0v) is 70.9. The second-order valence-electron chi connectivity index (χ2n) is 27.7. The third kappa shape index (κ3) is 21.6. The van der Waals surface area contributed by atoms with Crippen LogP contribution in [0.1, 0.15) is 98.3 Å². The van der Waals surface area contributed by atoms with E-state index in [1.165, 1.54) is 45.8 Å². The van der Waals surface area contributed by atoms with Gasteiger partial charge in [0.15, 0.2) is 5.78 Å². The van der Waals surface area contributed by atoms with Crippen LogP contribution in [0.4, 0.5) is 0 Å². The molecule has 0 aliphatic heterocycles. The second-order valence-corrected chi connectivity index (χ2v) is 29.8. The van der Waals surface area contributed by atoms with Crippen LogP contribution in [0, 0.1) is 44.2 Å². The fraction of sp³-hybridized carbons (Fsp3) is 0.138. The number of carboxylic acids is 1. The van der Waals surface area contributed by atoms with Crippen LogP contribution in [0.15, 0.2) is 273 Å². The van der Waals surface area contributed by atoms with E-state index < -0.39 is 5.97 Å². The van der Waals surface area contributed by atoms with E-state index in [0.717, 1.165) is 121 Å². The van der Waals surface area contributed by atoms with Crippen molar-refractivity contribution < 1.29 is 81.1 Å². The van der Waals surface area contributed by atoms with Crippen molar-refractivity contribution >= 4 is 77.8 Å². The number of carbonyl (C=O) groups is 2. The van der Waals surface area contributed by atoms with E-state index in [1.54, 1.807) is 34.8 Å². The number of hydrogen-bond donors (Lipinski definition) is 2. The maximum Gasteiger partial charge on any atom is 2.00 e. The summed E-state index contributed by atoms with van der Waals surface area (Å²) in [5.41, 5.74) is 17.5. The topological polar surface area (TPSA) is 165 Å². The molecular weight excluding hydrogens is 1930 g/mol. The van der Waals surface area contributed by atoms with Crippen molar-refractivity contribution in [3.05, 3.63) is 342 Å². The number of carbonyl (C=O) groups excluding carboxylic acids is 1. The quantitative estimate of drug-likeness (QED) is 0.0548. The predicted octanol–water partition coefficient (Wildman–Crippen LogP) is 23.4. The number of thiophene rings is 2. The minimum Gasteiger partial charge on any atom is -0.512 e. The first kappa shape index (κ1) is 83.7. The van der Waals surface area contributed by atoms with Gasteiger partial charge in [-0.3, -0.25) is 24.7 Å². The molecule has 0 amide bonds. The van der Waals surface area contributed by atoms with Crippen molar-refractivity contribution in [2.75, 3.05) is 0 Å². The van der Waals surface area contributed by atoms with Gasteiger partial charge in [0, 0.05) is 99.6 Å². The molecule has 0 unspecified atom stereocenters. The number of pyridine rings is 5. The average Bonchev–Trinajstić information content (AvgIpc) is 0.760. The minimum absolute atomic E-state index is 0. The maximum atomic E-state index is 11.3. The van der Waals surface area contributed by atoms with E-state index in [0.29, 0.717) is 12.1 Å². The standard InChI is InChI=1S/C27H28N2S2.C26H17N2.C19H14NO2.C17H11N2.C5H8O2.2Ir.Pt/c1-26(2,3)24-15-13-22(30-24)20-11-7-9-18(28-20)17-19-10-8-12-21(29-19)23-14-16-25(31-23)27(4,5)6;1-2-8-19(9-3-1)21-16-22(25-12-6-7-14-27-25)18-23(17-21)26-24-11-5-4-10-20(24)13-15-28-26;1-13-7-9-14(10-8-13)16-11-17(15-5-3-2-4-6-15)20-18(12-16)19(21)22;1-11-10-18-16-14-8-4-2-6-12(14)13-7-3-5-9-15(13)17(16)19-11;1-4(6)3-5(2)7;;;/h7-12,15-16H,17H2,1-6H3;1-17H;2-5,7-12H,1H3,(H,21,22);2-7,9-10H,1H3;3,6H,1-2H3;;;/q-2;3*-1;;;;+2. The summed E-state index contributed by atoms with van der Waals surface area (Å²) in [4.78, 5) is 58.7. The van der Waals surface area contributed by atoms with Gasteiger partial charge in [0.25, 0.3) is 0 Å². The molecule has 16 rings (SSSR count). The van der Waals surface area contributed by atoms with Gasteiger partial charge in [-0.2, -0.15) is 24.3 Å². The number of fused-ring (bicyclic) bond motifs is 7. The van der Waals surface area contributed by atoms with Crippen molar-refractivity contribution in [1.82, 2.24) is 34.9 Å². The minimum atomic E-state index is -1.04. The normalized spacial score (nSPS) is 11.0. The van der Waals surface area contributed by atoms with Crippen LogP contribution in [0.3, 0.4) is 0 Å². The van der Waals surface area contributed by atoms with Crippen molar-refractivity contribution in [3.8, 4) is 77.2 Å². The number of nitrogens with zero attached hydrogens (tertiary/aromatic N) is 7. The third-order valence-electron chi connectivity index (χ3n) is 17.1. The van der Waals surface area contributed by atoms with Gasteiger partial charge >= 0.3 is 27.0 Å². The van der Waals surface area contributed by atoms with E-state index in [9.17, 15) is 14.7 Å². The van der Waals surface area contributed by atoms with Gasteiger partial charge in [-0.15, -0.1) is 83.7 Å². The molecule has 110 heavy (non-hydrogen) atoms. The second kappa shape index (κ2) is 38.4. The summed E-state index contributed by atoms with van der Waals surface area (Å²) < 4.78 is 0. The van der Waals surface area contributed by atoms with Crippen LogP contribution in [0.5, 0.6) is 0 Å². The first-order chi connectivity index (χ1) is 51.6. The summed E-state index contributed by atoms with van der Waals surface area (Å²) in [5, 5.41) is 24.5. The number of aromatic nitrogens is 7. The number of benzene rings is 8. The monoisotopic (exact) mass is 2010 g/mol. The Morgan fingerprint density at radius 1 is 0.464 bits per heavy atom. The summed E-state index contributed by atoms with van der Waals surface area (Å²) in [5.74, 6) is -1.10. The Bertz CT molecular complexity index is 5650. The molecule has 16 aromatic rings. The van der Waals surface area contributed by atoms with E-state index in [2.05, 4.69) is 219 Å². The van der Waals surface area contributed by atoms with E-state index in [-0.39, 0.29) is 89.3 Å². The molecule has 8 aromatic heterocycles. The third-order valence-corrected chi connectivity index (χ3v) is 20.1. The van der Waals surface area contributed by atoms with Gasteiger partial charge < -0.3 is 25.2 Å².